The van der Waals surface area contributed by atoms with Crippen LogP contribution in [0, 0.1) is 5.92 Å². The summed E-state index contributed by atoms with van der Waals surface area (Å²) in [4.78, 5) is 22.4. The van der Waals surface area contributed by atoms with Gasteiger partial charge in [-0.2, -0.15) is 0 Å². The van der Waals surface area contributed by atoms with Gasteiger partial charge in [-0.15, -0.1) is 0 Å². The first kappa shape index (κ1) is 15.0. The molecule has 0 heterocycles. The van der Waals surface area contributed by atoms with Gasteiger partial charge in [0.15, 0.2) is 0 Å². The average molecular weight is 257 g/mol. The quantitative estimate of drug-likeness (QED) is 0.669. The van der Waals surface area contributed by atoms with E-state index in [4.69, 9.17) is 5.11 Å². The Hall–Kier alpha value is -1.10. The van der Waals surface area contributed by atoms with Crippen molar-refractivity contribution >= 4 is 11.9 Å². The third kappa shape index (κ3) is 4.64. The molecule has 3 N–H and O–H groups in total. The number of amides is 1. The summed E-state index contributed by atoms with van der Waals surface area (Å²) in [5.41, 5.74) is -0.474. The lowest BCUT2D eigenvalue weighted by Crippen LogP contribution is -2.52. The molecule has 0 spiro atoms. The molecule has 1 rings (SSSR count). The molecule has 0 aromatic heterocycles. The van der Waals surface area contributed by atoms with Gasteiger partial charge in [-0.25, -0.2) is 0 Å². The number of hydrogen-bond acceptors (Lipinski definition) is 3. The summed E-state index contributed by atoms with van der Waals surface area (Å²) in [5.74, 6) is -1.22. The standard InChI is InChI=1S/C13H23NO4/c1-10(8-12(17)18)7-11(16)14-13(9-15)5-3-2-4-6-13/h10,15H,2-9H2,1H3,(H,14,16)(H,17,18). The van der Waals surface area contributed by atoms with Gasteiger partial charge >= 0.3 is 5.97 Å². The molecule has 1 saturated carbocycles. The number of aliphatic carboxylic acids is 1. The Bertz CT molecular complexity index is 297. The second kappa shape index (κ2) is 6.73. The second-order valence-electron chi connectivity index (χ2n) is 5.45. The van der Waals surface area contributed by atoms with Gasteiger partial charge in [0.05, 0.1) is 12.1 Å². The third-order valence-corrected chi connectivity index (χ3v) is 3.57. The van der Waals surface area contributed by atoms with Crippen molar-refractivity contribution in [3.8, 4) is 0 Å². The molecule has 104 valence electrons. The first-order valence-electron chi connectivity index (χ1n) is 6.61. The average Bonchev–Trinajstić information content (AvgIpc) is 2.28. The summed E-state index contributed by atoms with van der Waals surface area (Å²) in [6.45, 7) is 1.71. The first-order valence-corrected chi connectivity index (χ1v) is 6.61. The largest absolute Gasteiger partial charge is 0.481 e. The molecular weight excluding hydrogens is 234 g/mol. The van der Waals surface area contributed by atoms with Gasteiger partial charge in [0.25, 0.3) is 0 Å². The Morgan fingerprint density at radius 1 is 1.22 bits per heavy atom. The molecule has 1 unspecified atom stereocenters. The van der Waals surface area contributed by atoms with E-state index < -0.39 is 11.5 Å². The molecule has 0 aromatic carbocycles. The minimum Gasteiger partial charge on any atom is -0.481 e. The van der Waals surface area contributed by atoms with Crippen LogP contribution in [0.4, 0.5) is 0 Å². The molecule has 1 aliphatic rings. The van der Waals surface area contributed by atoms with Gasteiger partial charge in [0.1, 0.15) is 0 Å². The zero-order chi connectivity index (χ0) is 13.6. The van der Waals surface area contributed by atoms with E-state index in [-0.39, 0.29) is 31.3 Å². The normalized spacial score (nSPS) is 20.1. The minimum atomic E-state index is -0.884. The highest BCUT2D eigenvalue weighted by atomic mass is 16.4. The number of aliphatic hydroxyl groups is 1. The Morgan fingerprint density at radius 3 is 2.33 bits per heavy atom. The minimum absolute atomic E-state index is 0.000451. The Balaban J connectivity index is 2.44. The van der Waals surface area contributed by atoms with E-state index in [2.05, 4.69) is 5.32 Å². The molecule has 1 aliphatic carbocycles. The predicted molar refractivity (Wildman–Crippen MR) is 67.1 cm³/mol. The molecule has 1 fully saturated rings. The summed E-state index contributed by atoms with van der Waals surface area (Å²) in [6, 6.07) is 0. The van der Waals surface area contributed by atoms with Gasteiger partial charge in [-0.1, -0.05) is 26.2 Å². The lowest BCUT2D eigenvalue weighted by atomic mass is 9.82. The van der Waals surface area contributed by atoms with E-state index >= 15 is 0 Å². The second-order valence-corrected chi connectivity index (χ2v) is 5.45. The molecule has 0 aromatic rings. The van der Waals surface area contributed by atoms with Crippen molar-refractivity contribution in [1.29, 1.82) is 0 Å². The lowest BCUT2D eigenvalue weighted by Gasteiger charge is -2.36. The van der Waals surface area contributed by atoms with Crippen LogP contribution < -0.4 is 5.32 Å². The van der Waals surface area contributed by atoms with Crippen LogP contribution >= 0.6 is 0 Å². The highest BCUT2D eigenvalue weighted by Crippen LogP contribution is 2.28. The summed E-state index contributed by atoms with van der Waals surface area (Å²) in [5, 5.41) is 21.0. The van der Waals surface area contributed by atoms with Crippen LogP contribution in [0.25, 0.3) is 0 Å². The van der Waals surface area contributed by atoms with Gasteiger partial charge in [0, 0.05) is 12.8 Å². The fraction of sp³-hybridized carbons (Fsp3) is 0.846. The SMILES string of the molecule is CC(CC(=O)O)CC(=O)NC1(CO)CCCCC1. The van der Waals surface area contributed by atoms with Crippen molar-refractivity contribution in [2.75, 3.05) is 6.61 Å². The maximum Gasteiger partial charge on any atom is 0.303 e. The maximum absolute atomic E-state index is 11.9. The number of rotatable bonds is 6. The van der Waals surface area contributed by atoms with Gasteiger partial charge in [-0.3, -0.25) is 9.59 Å². The smallest absolute Gasteiger partial charge is 0.303 e. The topological polar surface area (TPSA) is 86.6 Å². The third-order valence-electron chi connectivity index (χ3n) is 3.57. The molecule has 0 aliphatic heterocycles. The van der Waals surface area contributed by atoms with Crippen LogP contribution in [-0.4, -0.2) is 34.2 Å². The maximum atomic E-state index is 11.9. The molecular formula is C13H23NO4. The molecule has 1 atom stereocenters. The van der Waals surface area contributed by atoms with Gasteiger partial charge in [0.2, 0.25) is 5.91 Å². The fourth-order valence-electron chi connectivity index (χ4n) is 2.58. The van der Waals surface area contributed by atoms with Crippen molar-refractivity contribution in [2.24, 2.45) is 5.92 Å². The van der Waals surface area contributed by atoms with E-state index in [1.54, 1.807) is 6.92 Å². The molecule has 0 bridgehead atoms. The molecule has 0 radical (unpaired) electrons. The van der Waals surface area contributed by atoms with Crippen LogP contribution in [0.5, 0.6) is 0 Å². The summed E-state index contributed by atoms with van der Waals surface area (Å²) in [7, 11) is 0. The van der Waals surface area contributed by atoms with Crippen LogP contribution in [-0.2, 0) is 9.59 Å². The summed E-state index contributed by atoms with van der Waals surface area (Å²) >= 11 is 0. The number of carbonyl (C=O) groups excluding carboxylic acids is 1. The van der Waals surface area contributed by atoms with Crippen molar-refractivity contribution < 1.29 is 19.8 Å². The molecule has 5 heteroatoms. The van der Waals surface area contributed by atoms with E-state index in [0.29, 0.717) is 0 Å². The predicted octanol–water partition coefficient (Wildman–Crippen LogP) is 1.30. The fourth-order valence-corrected chi connectivity index (χ4v) is 2.58. The van der Waals surface area contributed by atoms with Crippen molar-refractivity contribution in [2.45, 2.75) is 57.4 Å². The number of carboxylic acid groups (broad SMARTS) is 1. The number of carboxylic acids is 1. The van der Waals surface area contributed by atoms with Crippen molar-refractivity contribution in [3.05, 3.63) is 0 Å². The molecule has 0 saturated heterocycles. The van der Waals surface area contributed by atoms with Crippen molar-refractivity contribution in [1.82, 2.24) is 5.32 Å². The van der Waals surface area contributed by atoms with Crippen LogP contribution in [0.1, 0.15) is 51.9 Å². The van der Waals surface area contributed by atoms with E-state index in [1.165, 1.54) is 0 Å². The first-order chi connectivity index (χ1) is 8.47. The number of carbonyl (C=O) groups is 2. The van der Waals surface area contributed by atoms with Crippen LogP contribution in [0.15, 0.2) is 0 Å². The van der Waals surface area contributed by atoms with Gasteiger partial charge in [-0.05, 0) is 18.8 Å². The highest BCUT2D eigenvalue weighted by Gasteiger charge is 2.33. The molecule has 5 nitrogen and oxygen atoms in total. The van der Waals surface area contributed by atoms with E-state index in [1.807, 2.05) is 0 Å². The number of hydrogen-bond donors (Lipinski definition) is 3. The Morgan fingerprint density at radius 2 is 1.83 bits per heavy atom. The van der Waals surface area contributed by atoms with Crippen molar-refractivity contribution in [3.63, 3.8) is 0 Å². The highest BCUT2D eigenvalue weighted by molar-refractivity contribution is 5.78. The number of nitrogens with one attached hydrogen (secondary N) is 1. The lowest BCUT2D eigenvalue weighted by molar-refractivity contribution is -0.138. The summed E-state index contributed by atoms with van der Waals surface area (Å²) in [6.07, 6.45) is 5.00. The van der Waals surface area contributed by atoms with E-state index in [9.17, 15) is 14.7 Å². The molecule has 1 amide bonds. The van der Waals surface area contributed by atoms with E-state index in [0.717, 1.165) is 32.1 Å². The Labute approximate surface area is 108 Å². The van der Waals surface area contributed by atoms with Crippen LogP contribution in [0.2, 0.25) is 0 Å². The Kier molecular flexibility index (Phi) is 5.59. The zero-order valence-corrected chi connectivity index (χ0v) is 10.9. The van der Waals surface area contributed by atoms with Gasteiger partial charge < -0.3 is 15.5 Å². The monoisotopic (exact) mass is 257 g/mol. The zero-order valence-electron chi connectivity index (χ0n) is 10.9. The summed E-state index contributed by atoms with van der Waals surface area (Å²) < 4.78 is 0. The van der Waals surface area contributed by atoms with Crippen LogP contribution in [0.3, 0.4) is 0 Å². The molecule has 18 heavy (non-hydrogen) atoms. The number of aliphatic hydroxyl groups excluding tert-OH is 1.